The minimum absolute atomic E-state index is 0.138. The lowest BCUT2D eigenvalue weighted by molar-refractivity contribution is -0.124. The van der Waals surface area contributed by atoms with Gasteiger partial charge in [-0.1, -0.05) is 29.8 Å². The topological polar surface area (TPSA) is 55.4 Å². The average molecular weight is 338 g/mol. The number of rotatable bonds is 5. The van der Waals surface area contributed by atoms with Gasteiger partial charge < -0.3 is 10.1 Å². The van der Waals surface area contributed by atoms with Crippen molar-refractivity contribution in [1.82, 2.24) is 5.32 Å². The molecule has 4 nitrogen and oxygen atoms in total. The van der Waals surface area contributed by atoms with E-state index in [2.05, 4.69) is 5.32 Å². The van der Waals surface area contributed by atoms with Gasteiger partial charge in [-0.15, -0.1) is 11.3 Å². The number of carbonyl (C=O) groups is 2. The van der Waals surface area contributed by atoms with Crippen molar-refractivity contribution in [2.24, 2.45) is 5.92 Å². The largest absolute Gasteiger partial charge is 0.451 e. The second-order valence-corrected chi connectivity index (χ2v) is 6.94. The maximum absolute atomic E-state index is 12.1. The molecule has 1 N–H and O–H groups in total. The van der Waals surface area contributed by atoms with Crippen LogP contribution in [0.25, 0.3) is 10.1 Å². The summed E-state index contributed by atoms with van der Waals surface area (Å²) in [4.78, 5) is 24.2. The molecule has 0 spiro atoms. The van der Waals surface area contributed by atoms with Crippen LogP contribution in [0.4, 0.5) is 0 Å². The van der Waals surface area contributed by atoms with Crippen LogP contribution in [-0.2, 0) is 9.53 Å². The van der Waals surface area contributed by atoms with Crippen molar-refractivity contribution in [2.75, 3.05) is 6.61 Å². The Morgan fingerprint density at radius 3 is 2.82 bits per heavy atom. The Kier molecular flexibility index (Phi) is 4.36. The van der Waals surface area contributed by atoms with E-state index in [0.717, 1.165) is 22.9 Å². The lowest BCUT2D eigenvalue weighted by Gasteiger charge is -2.12. The average Bonchev–Trinajstić information content (AvgIpc) is 3.30. The predicted octanol–water partition coefficient (Wildman–Crippen LogP) is 3.63. The molecule has 1 aromatic carbocycles. The number of nitrogens with one attached hydrogen (secondary N) is 1. The molecule has 116 valence electrons. The van der Waals surface area contributed by atoms with E-state index in [1.165, 1.54) is 11.3 Å². The van der Waals surface area contributed by atoms with Crippen LogP contribution in [0.1, 0.15) is 29.4 Å². The van der Waals surface area contributed by atoms with E-state index < -0.39 is 5.97 Å². The molecule has 6 heteroatoms. The maximum atomic E-state index is 12.1. The number of benzene rings is 1. The van der Waals surface area contributed by atoms with Crippen molar-refractivity contribution in [3.8, 4) is 0 Å². The van der Waals surface area contributed by atoms with E-state index in [4.69, 9.17) is 16.3 Å². The highest BCUT2D eigenvalue weighted by Gasteiger charge is 2.29. The molecule has 2 aromatic rings. The van der Waals surface area contributed by atoms with Crippen LogP contribution in [0.3, 0.4) is 0 Å². The number of halogens is 1. The van der Waals surface area contributed by atoms with Crippen molar-refractivity contribution in [2.45, 2.75) is 25.8 Å². The number of amides is 1. The maximum Gasteiger partial charge on any atom is 0.350 e. The van der Waals surface area contributed by atoms with E-state index >= 15 is 0 Å². The van der Waals surface area contributed by atoms with E-state index in [-0.39, 0.29) is 18.6 Å². The molecule has 1 heterocycles. The van der Waals surface area contributed by atoms with Crippen LogP contribution >= 0.6 is 22.9 Å². The highest BCUT2D eigenvalue weighted by Crippen LogP contribution is 2.35. The molecule has 0 bridgehead atoms. The van der Waals surface area contributed by atoms with E-state index in [1.54, 1.807) is 0 Å². The summed E-state index contributed by atoms with van der Waals surface area (Å²) in [5.41, 5.74) is 0. The van der Waals surface area contributed by atoms with Gasteiger partial charge in [0.2, 0.25) is 0 Å². The monoisotopic (exact) mass is 337 g/mol. The Morgan fingerprint density at radius 2 is 2.14 bits per heavy atom. The first-order valence-corrected chi connectivity index (χ1v) is 8.39. The fourth-order valence-corrected chi connectivity index (χ4v) is 3.75. The number of ether oxygens (including phenoxy) is 1. The Bertz CT molecular complexity index is 723. The van der Waals surface area contributed by atoms with Gasteiger partial charge in [-0.25, -0.2) is 4.79 Å². The molecule has 1 aliphatic rings. The number of carbonyl (C=O) groups excluding carboxylic acids is 2. The second-order valence-electron chi connectivity index (χ2n) is 5.51. The molecule has 1 aliphatic carbocycles. The van der Waals surface area contributed by atoms with Gasteiger partial charge in [0.15, 0.2) is 6.61 Å². The molecule has 1 fully saturated rings. The Morgan fingerprint density at radius 1 is 1.41 bits per heavy atom. The first-order chi connectivity index (χ1) is 10.6. The number of thiophene rings is 1. The van der Waals surface area contributed by atoms with E-state index in [9.17, 15) is 9.59 Å². The third-order valence-corrected chi connectivity index (χ3v) is 5.43. The Labute approximate surface area is 137 Å². The third-order valence-electron chi connectivity index (χ3n) is 3.77. The number of hydrogen-bond donors (Lipinski definition) is 1. The van der Waals surface area contributed by atoms with Gasteiger partial charge in [-0.3, -0.25) is 4.79 Å². The summed E-state index contributed by atoms with van der Waals surface area (Å²) in [5.74, 6) is -0.262. The molecule has 1 atom stereocenters. The molecule has 0 radical (unpaired) electrons. The minimum atomic E-state index is -0.555. The normalized spacial score (nSPS) is 15.5. The molecular formula is C16H16ClNO3S. The molecule has 0 aliphatic heterocycles. The zero-order valence-corrected chi connectivity index (χ0v) is 13.7. The summed E-state index contributed by atoms with van der Waals surface area (Å²) in [6, 6.07) is 7.64. The standard InChI is InChI=1S/C16H16ClNO3S/c1-9(10-6-7-10)18-13(19)8-21-16(20)15-14(17)11-4-2-3-5-12(11)22-15/h2-5,9-10H,6-8H2,1H3,(H,18,19)/t9-/m1/s1. The van der Waals surface area contributed by atoms with E-state index in [0.29, 0.717) is 15.8 Å². The van der Waals surface area contributed by atoms with Gasteiger partial charge in [-0.2, -0.15) is 0 Å². The Balaban J connectivity index is 1.61. The van der Waals surface area contributed by atoms with Gasteiger partial charge in [0, 0.05) is 16.1 Å². The van der Waals surface area contributed by atoms with Crippen molar-refractivity contribution in [1.29, 1.82) is 0 Å². The third kappa shape index (κ3) is 3.25. The smallest absolute Gasteiger partial charge is 0.350 e. The van der Waals surface area contributed by atoms with Gasteiger partial charge in [0.1, 0.15) is 4.88 Å². The lowest BCUT2D eigenvalue weighted by atomic mass is 10.2. The highest BCUT2D eigenvalue weighted by atomic mass is 35.5. The summed E-state index contributed by atoms with van der Waals surface area (Å²) < 4.78 is 6.00. The van der Waals surface area contributed by atoms with Crippen LogP contribution in [-0.4, -0.2) is 24.5 Å². The summed E-state index contributed by atoms with van der Waals surface area (Å²) in [6.45, 7) is 1.70. The van der Waals surface area contributed by atoms with Crippen LogP contribution < -0.4 is 5.32 Å². The van der Waals surface area contributed by atoms with Crippen LogP contribution in [0.15, 0.2) is 24.3 Å². The SMILES string of the molecule is C[C@@H](NC(=O)COC(=O)c1sc2ccccc2c1Cl)C1CC1. The zero-order valence-electron chi connectivity index (χ0n) is 12.1. The molecule has 22 heavy (non-hydrogen) atoms. The van der Waals surface area contributed by atoms with Gasteiger partial charge >= 0.3 is 5.97 Å². The molecular weight excluding hydrogens is 322 g/mol. The zero-order chi connectivity index (χ0) is 15.7. The minimum Gasteiger partial charge on any atom is -0.451 e. The van der Waals surface area contributed by atoms with Crippen molar-refractivity contribution < 1.29 is 14.3 Å². The summed E-state index contributed by atoms with van der Waals surface area (Å²) >= 11 is 7.48. The van der Waals surface area contributed by atoms with Crippen LogP contribution in [0.5, 0.6) is 0 Å². The fraction of sp³-hybridized carbons (Fsp3) is 0.375. The molecule has 0 unspecified atom stereocenters. The lowest BCUT2D eigenvalue weighted by Crippen LogP contribution is -2.37. The van der Waals surface area contributed by atoms with Crippen molar-refractivity contribution >= 4 is 44.9 Å². The summed E-state index contributed by atoms with van der Waals surface area (Å²) in [7, 11) is 0. The fourth-order valence-electron chi connectivity index (χ4n) is 2.35. The van der Waals surface area contributed by atoms with Gasteiger partial charge in [0.25, 0.3) is 5.91 Å². The Hall–Kier alpha value is -1.59. The summed E-state index contributed by atoms with van der Waals surface area (Å²) in [5, 5.41) is 4.06. The van der Waals surface area contributed by atoms with Gasteiger partial charge in [0.05, 0.1) is 5.02 Å². The molecule has 1 aromatic heterocycles. The second kappa shape index (κ2) is 6.26. The molecule has 3 rings (SSSR count). The number of esters is 1. The van der Waals surface area contributed by atoms with Crippen LogP contribution in [0, 0.1) is 5.92 Å². The predicted molar refractivity (Wildman–Crippen MR) is 87.4 cm³/mol. The number of hydrogen-bond acceptors (Lipinski definition) is 4. The summed E-state index contributed by atoms with van der Waals surface area (Å²) in [6.07, 6.45) is 2.30. The molecule has 1 amide bonds. The van der Waals surface area contributed by atoms with Gasteiger partial charge in [-0.05, 0) is 31.7 Å². The quantitative estimate of drug-likeness (QED) is 0.848. The van der Waals surface area contributed by atoms with Crippen molar-refractivity contribution in [3.05, 3.63) is 34.2 Å². The van der Waals surface area contributed by atoms with Crippen LogP contribution in [0.2, 0.25) is 5.02 Å². The highest BCUT2D eigenvalue weighted by molar-refractivity contribution is 7.21. The first-order valence-electron chi connectivity index (χ1n) is 7.20. The number of fused-ring (bicyclic) bond motifs is 1. The van der Waals surface area contributed by atoms with Crippen molar-refractivity contribution in [3.63, 3.8) is 0 Å². The van der Waals surface area contributed by atoms with E-state index in [1.807, 2.05) is 31.2 Å². The molecule has 1 saturated carbocycles. The molecule has 0 saturated heterocycles. The first kappa shape index (κ1) is 15.3.